The second-order valence-electron chi connectivity index (χ2n) is 5.01. The second kappa shape index (κ2) is 5.43. The number of nitrogen functional groups attached to an aromatic ring is 1. The van der Waals surface area contributed by atoms with Crippen LogP contribution in [0.5, 0.6) is 5.75 Å². The predicted molar refractivity (Wildman–Crippen MR) is 74.6 cm³/mol. The lowest BCUT2D eigenvalue weighted by Gasteiger charge is -2.21. The molecule has 110 valence electrons. The molecule has 0 unspecified atom stereocenters. The summed E-state index contributed by atoms with van der Waals surface area (Å²) < 4.78 is 9.64. The first kappa shape index (κ1) is 13.4. The molecule has 1 aromatic carbocycles. The van der Waals surface area contributed by atoms with Gasteiger partial charge in [-0.1, -0.05) is 12.1 Å². The van der Waals surface area contributed by atoms with E-state index in [9.17, 15) is 4.79 Å². The Labute approximate surface area is 121 Å². The molecule has 0 radical (unpaired) electrons. The zero-order valence-corrected chi connectivity index (χ0v) is 11.7. The summed E-state index contributed by atoms with van der Waals surface area (Å²) in [5.41, 5.74) is 6.70. The van der Waals surface area contributed by atoms with E-state index in [-0.39, 0.29) is 23.5 Å². The standard InChI is InChI=1S/C14H16N4O3/c1-20-11-6-2-9(3-7-11)8-18(10-4-5-10)14(19)12-13(15)17-21-16-12/h2-3,6-7,10H,4-5,8H2,1H3,(H2,15,17). The molecule has 2 N–H and O–H groups in total. The van der Waals surface area contributed by atoms with Crippen molar-refractivity contribution in [1.29, 1.82) is 0 Å². The molecule has 1 fully saturated rings. The van der Waals surface area contributed by atoms with Crippen LogP contribution in [-0.4, -0.2) is 34.3 Å². The Bertz CT molecular complexity index is 634. The van der Waals surface area contributed by atoms with Gasteiger partial charge in [0.2, 0.25) is 11.5 Å². The third-order valence-electron chi connectivity index (χ3n) is 3.48. The Balaban J connectivity index is 1.78. The minimum absolute atomic E-state index is 0.0281. The molecule has 0 aliphatic heterocycles. The largest absolute Gasteiger partial charge is 0.497 e. The van der Waals surface area contributed by atoms with Crippen LogP contribution in [0.4, 0.5) is 5.82 Å². The second-order valence-corrected chi connectivity index (χ2v) is 5.01. The van der Waals surface area contributed by atoms with Crippen molar-refractivity contribution in [3.63, 3.8) is 0 Å². The number of carbonyl (C=O) groups excluding carboxylic acids is 1. The van der Waals surface area contributed by atoms with E-state index < -0.39 is 0 Å². The number of methoxy groups -OCH3 is 1. The summed E-state index contributed by atoms with van der Waals surface area (Å²) in [5.74, 6) is 0.570. The highest BCUT2D eigenvalue weighted by molar-refractivity contribution is 5.96. The molecule has 1 aliphatic carbocycles. The Hall–Kier alpha value is -2.57. The monoisotopic (exact) mass is 288 g/mol. The number of nitrogens with two attached hydrogens (primary N) is 1. The van der Waals surface area contributed by atoms with E-state index in [1.807, 2.05) is 24.3 Å². The average molecular weight is 288 g/mol. The molecule has 2 aromatic rings. The highest BCUT2D eigenvalue weighted by Gasteiger charge is 2.35. The van der Waals surface area contributed by atoms with Gasteiger partial charge in [0, 0.05) is 12.6 Å². The molecule has 1 aliphatic rings. The minimum Gasteiger partial charge on any atom is -0.497 e. The number of carbonyl (C=O) groups is 1. The zero-order chi connectivity index (χ0) is 14.8. The number of benzene rings is 1. The van der Waals surface area contributed by atoms with Crippen molar-refractivity contribution in [2.24, 2.45) is 0 Å². The summed E-state index contributed by atoms with van der Waals surface area (Å²) >= 11 is 0. The molecule has 3 rings (SSSR count). The Kier molecular flexibility index (Phi) is 3.47. The number of hydrogen-bond acceptors (Lipinski definition) is 6. The Morgan fingerprint density at radius 2 is 2.10 bits per heavy atom. The number of ether oxygens (including phenoxy) is 1. The molecule has 7 heteroatoms. The molecule has 1 amide bonds. The quantitative estimate of drug-likeness (QED) is 0.895. The van der Waals surface area contributed by atoms with E-state index in [2.05, 4.69) is 14.9 Å². The maximum Gasteiger partial charge on any atom is 0.280 e. The fourth-order valence-corrected chi connectivity index (χ4v) is 2.16. The number of amides is 1. The molecule has 1 saturated carbocycles. The topological polar surface area (TPSA) is 94.5 Å². The number of hydrogen-bond donors (Lipinski definition) is 1. The first-order chi connectivity index (χ1) is 10.2. The van der Waals surface area contributed by atoms with Crippen LogP contribution in [0.3, 0.4) is 0 Å². The van der Waals surface area contributed by atoms with E-state index in [0.717, 1.165) is 24.2 Å². The first-order valence-electron chi connectivity index (χ1n) is 6.71. The van der Waals surface area contributed by atoms with Crippen LogP contribution in [0.2, 0.25) is 0 Å². The normalized spacial score (nSPS) is 14.0. The minimum atomic E-state index is -0.243. The molecule has 21 heavy (non-hydrogen) atoms. The molecule has 0 spiro atoms. The molecular weight excluding hydrogens is 272 g/mol. The van der Waals surface area contributed by atoms with Gasteiger partial charge in [0.05, 0.1) is 7.11 Å². The van der Waals surface area contributed by atoms with Gasteiger partial charge in [0.15, 0.2) is 0 Å². The van der Waals surface area contributed by atoms with Crippen molar-refractivity contribution in [3.05, 3.63) is 35.5 Å². The van der Waals surface area contributed by atoms with Gasteiger partial charge in [0.25, 0.3) is 5.91 Å². The van der Waals surface area contributed by atoms with E-state index in [0.29, 0.717) is 6.54 Å². The zero-order valence-electron chi connectivity index (χ0n) is 11.7. The van der Waals surface area contributed by atoms with E-state index in [1.54, 1.807) is 12.0 Å². The first-order valence-corrected chi connectivity index (χ1v) is 6.71. The molecule has 1 aromatic heterocycles. The van der Waals surface area contributed by atoms with E-state index in [1.165, 1.54) is 0 Å². The number of anilines is 1. The third kappa shape index (κ3) is 2.81. The van der Waals surface area contributed by atoms with Crippen molar-refractivity contribution < 1.29 is 14.2 Å². The lowest BCUT2D eigenvalue weighted by atomic mass is 10.2. The molecule has 0 saturated heterocycles. The van der Waals surface area contributed by atoms with Gasteiger partial charge in [-0.3, -0.25) is 4.79 Å². The van der Waals surface area contributed by atoms with Crippen molar-refractivity contribution in [2.45, 2.75) is 25.4 Å². The maximum atomic E-state index is 12.5. The summed E-state index contributed by atoms with van der Waals surface area (Å²) in [7, 11) is 1.62. The lowest BCUT2D eigenvalue weighted by molar-refractivity contribution is 0.0719. The molecule has 1 heterocycles. The smallest absolute Gasteiger partial charge is 0.280 e. The fourth-order valence-electron chi connectivity index (χ4n) is 2.16. The maximum absolute atomic E-state index is 12.5. The highest BCUT2D eigenvalue weighted by Crippen LogP contribution is 2.30. The van der Waals surface area contributed by atoms with Crippen LogP contribution < -0.4 is 10.5 Å². The summed E-state index contributed by atoms with van der Waals surface area (Å²) in [6.07, 6.45) is 1.99. The van der Waals surface area contributed by atoms with Gasteiger partial charge in [-0.05, 0) is 40.9 Å². The highest BCUT2D eigenvalue weighted by atomic mass is 16.6. The van der Waals surface area contributed by atoms with Crippen molar-refractivity contribution in [3.8, 4) is 5.75 Å². The molecule has 0 bridgehead atoms. The fraction of sp³-hybridized carbons (Fsp3) is 0.357. The molecule has 7 nitrogen and oxygen atoms in total. The lowest BCUT2D eigenvalue weighted by Crippen LogP contribution is -2.33. The van der Waals surface area contributed by atoms with Crippen LogP contribution in [0.25, 0.3) is 0 Å². The summed E-state index contributed by atoms with van der Waals surface area (Å²) in [5, 5.41) is 7.05. The van der Waals surface area contributed by atoms with Gasteiger partial charge >= 0.3 is 0 Å². The van der Waals surface area contributed by atoms with Crippen molar-refractivity contribution in [1.82, 2.24) is 15.2 Å². The van der Waals surface area contributed by atoms with Crippen LogP contribution >= 0.6 is 0 Å². The van der Waals surface area contributed by atoms with E-state index >= 15 is 0 Å². The number of rotatable bonds is 5. The van der Waals surface area contributed by atoms with Gasteiger partial charge in [-0.25, -0.2) is 4.63 Å². The van der Waals surface area contributed by atoms with Gasteiger partial charge in [-0.15, -0.1) is 0 Å². The predicted octanol–water partition coefficient (Wildman–Crippen LogP) is 1.47. The van der Waals surface area contributed by atoms with Crippen molar-refractivity contribution in [2.75, 3.05) is 12.8 Å². The van der Waals surface area contributed by atoms with Crippen LogP contribution in [0.15, 0.2) is 28.9 Å². The van der Waals surface area contributed by atoms with Crippen molar-refractivity contribution >= 4 is 11.7 Å². The van der Waals surface area contributed by atoms with Crippen LogP contribution in [0, 0.1) is 0 Å². The summed E-state index contributed by atoms with van der Waals surface area (Å²) in [6.45, 7) is 0.500. The van der Waals surface area contributed by atoms with Gasteiger partial charge < -0.3 is 15.4 Å². The number of aromatic nitrogens is 2. The Morgan fingerprint density at radius 3 is 2.62 bits per heavy atom. The van der Waals surface area contributed by atoms with Crippen LogP contribution in [0.1, 0.15) is 28.9 Å². The number of nitrogens with zero attached hydrogens (tertiary/aromatic N) is 3. The third-order valence-corrected chi connectivity index (χ3v) is 3.48. The molecule has 0 atom stereocenters. The SMILES string of the molecule is COc1ccc(CN(C(=O)c2nonc2N)C2CC2)cc1. The van der Waals surface area contributed by atoms with Crippen LogP contribution in [-0.2, 0) is 6.54 Å². The average Bonchev–Trinajstić information content (AvgIpc) is 3.26. The summed E-state index contributed by atoms with van der Waals surface area (Å²) in [4.78, 5) is 14.3. The Morgan fingerprint density at radius 1 is 1.38 bits per heavy atom. The van der Waals surface area contributed by atoms with Gasteiger partial charge in [-0.2, -0.15) is 0 Å². The molecular formula is C14H16N4O3. The van der Waals surface area contributed by atoms with Gasteiger partial charge in [0.1, 0.15) is 5.75 Å². The summed E-state index contributed by atoms with van der Waals surface area (Å²) in [6, 6.07) is 7.85. The van der Waals surface area contributed by atoms with E-state index in [4.69, 9.17) is 10.5 Å².